The SMILES string of the molecule is O=C(CC(c1ccc(Cl)cc1)c1cnccn1)c1ccco1. The molecule has 0 saturated carbocycles. The quantitative estimate of drug-likeness (QED) is 0.665. The van der Waals surface area contributed by atoms with Gasteiger partial charge in [0.1, 0.15) is 0 Å². The van der Waals surface area contributed by atoms with Gasteiger partial charge in [0.25, 0.3) is 0 Å². The average molecular weight is 313 g/mol. The Labute approximate surface area is 132 Å². The van der Waals surface area contributed by atoms with E-state index >= 15 is 0 Å². The molecule has 2 heterocycles. The van der Waals surface area contributed by atoms with Crippen LogP contribution in [0.1, 0.15) is 34.2 Å². The molecule has 0 aliphatic rings. The van der Waals surface area contributed by atoms with Crippen molar-refractivity contribution in [1.29, 1.82) is 0 Å². The van der Waals surface area contributed by atoms with Crippen LogP contribution < -0.4 is 0 Å². The van der Waals surface area contributed by atoms with Gasteiger partial charge in [-0.05, 0) is 29.8 Å². The molecule has 0 N–H and O–H groups in total. The summed E-state index contributed by atoms with van der Waals surface area (Å²) < 4.78 is 5.18. The lowest BCUT2D eigenvalue weighted by molar-refractivity contribution is 0.0950. The molecule has 0 aliphatic carbocycles. The largest absolute Gasteiger partial charge is 0.461 e. The predicted octanol–water partition coefficient (Wildman–Crippen LogP) is 4.13. The van der Waals surface area contributed by atoms with Crippen molar-refractivity contribution in [3.05, 3.63) is 83.3 Å². The Balaban J connectivity index is 1.93. The number of ketones is 1. The predicted molar refractivity (Wildman–Crippen MR) is 83.0 cm³/mol. The lowest BCUT2D eigenvalue weighted by Gasteiger charge is -2.15. The van der Waals surface area contributed by atoms with Crippen LogP contribution in [0.3, 0.4) is 0 Å². The third-order valence-electron chi connectivity index (χ3n) is 3.40. The molecule has 4 nitrogen and oxygen atoms in total. The summed E-state index contributed by atoms with van der Waals surface area (Å²) in [6.07, 6.45) is 6.65. The summed E-state index contributed by atoms with van der Waals surface area (Å²) in [6, 6.07) is 10.8. The molecular weight excluding hydrogens is 300 g/mol. The standard InChI is InChI=1S/C17H13ClN2O2/c18-13-5-3-12(4-6-13)14(15-11-19-7-8-20-15)10-16(21)17-2-1-9-22-17/h1-9,11,14H,10H2. The van der Waals surface area contributed by atoms with Crippen molar-refractivity contribution >= 4 is 17.4 Å². The monoisotopic (exact) mass is 312 g/mol. The number of hydrogen-bond acceptors (Lipinski definition) is 4. The number of nitrogens with zero attached hydrogens (tertiary/aromatic N) is 2. The molecule has 22 heavy (non-hydrogen) atoms. The van der Waals surface area contributed by atoms with E-state index in [9.17, 15) is 4.79 Å². The lowest BCUT2D eigenvalue weighted by Crippen LogP contribution is -2.10. The van der Waals surface area contributed by atoms with E-state index < -0.39 is 0 Å². The number of carbonyl (C=O) groups excluding carboxylic acids is 1. The van der Waals surface area contributed by atoms with Crippen LogP contribution in [0.25, 0.3) is 0 Å². The first-order chi connectivity index (χ1) is 10.7. The van der Waals surface area contributed by atoms with Gasteiger partial charge in [-0.1, -0.05) is 23.7 Å². The first-order valence-electron chi connectivity index (χ1n) is 6.82. The highest BCUT2D eigenvalue weighted by Crippen LogP contribution is 2.28. The summed E-state index contributed by atoms with van der Waals surface area (Å²) in [6.45, 7) is 0. The van der Waals surface area contributed by atoms with Gasteiger partial charge in [0, 0.05) is 36.0 Å². The minimum atomic E-state index is -0.191. The number of hydrogen-bond donors (Lipinski definition) is 0. The Morgan fingerprint density at radius 1 is 1.18 bits per heavy atom. The van der Waals surface area contributed by atoms with Crippen molar-refractivity contribution in [2.24, 2.45) is 0 Å². The highest BCUT2D eigenvalue weighted by Gasteiger charge is 2.22. The van der Waals surface area contributed by atoms with Crippen molar-refractivity contribution in [3.8, 4) is 0 Å². The molecule has 1 atom stereocenters. The smallest absolute Gasteiger partial charge is 0.198 e. The number of carbonyl (C=O) groups is 1. The summed E-state index contributed by atoms with van der Waals surface area (Å²) in [5.41, 5.74) is 1.70. The second kappa shape index (κ2) is 6.54. The third-order valence-corrected chi connectivity index (χ3v) is 3.65. The van der Waals surface area contributed by atoms with Crippen LogP contribution in [-0.2, 0) is 0 Å². The minimum Gasteiger partial charge on any atom is -0.461 e. The molecule has 0 amide bonds. The average Bonchev–Trinajstić information content (AvgIpc) is 3.09. The van der Waals surface area contributed by atoms with Gasteiger partial charge in [0.05, 0.1) is 12.0 Å². The van der Waals surface area contributed by atoms with Crippen molar-refractivity contribution in [2.75, 3.05) is 0 Å². The van der Waals surface area contributed by atoms with Crippen molar-refractivity contribution in [1.82, 2.24) is 9.97 Å². The lowest BCUT2D eigenvalue weighted by atomic mass is 9.90. The maximum Gasteiger partial charge on any atom is 0.198 e. The van der Waals surface area contributed by atoms with Gasteiger partial charge < -0.3 is 4.42 Å². The molecule has 0 aliphatic heterocycles. The van der Waals surface area contributed by atoms with Crippen molar-refractivity contribution in [3.63, 3.8) is 0 Å². The Morgan fingerprint density at radius 3 is 2.64 bits per heavy atom. The first kappa shape index (κ1) is 14.5. The summed E-state index contributed by atoms with van der Waals surface area (Å²) in [4.78, 5) is 20.8. The van der Waals surface area contributed by atoms with Gasteiger partial charge in [-0.3, -0.25) is 14.8 Å². The van der Waals surface area contributed by atoms with Crippen molar-refractivity contribution < 1.29 is 9.21 Å². The third kappa shape index (κ3) is 3.23. The summed E-state index contributed by atoms with van der Waals surface area (Å²) in [5.74, 6) is 0.0852. The highest BCUT2D eigenvalue weighted by molar-refractivity contribution is 6.30. The minimum absolute atomic E-state index is 0.0735. The summed E-state index contributed by atoms with van der Waals surface area (Å²) >= 11 is 5.94. The Morgan fingerprint density at radius 2 is 2.00 bits per heavy atom. The maximum absolute atomic E-state index is 12.4. The molecule has 1 unspecified atom stereocenters. The molecule has 110 valence electrons. The highest BCUT2D eigenvalue weighted by atomic mass is 35.5. The molecule has 0 saturated heterocycles. The van der Waals surface area contributed by atoms with Crippen LogP contribution in [0.2, 0.25) is 5.02 Å². The fourth-order valence-corrected chi connectivity index (χ4v) is 2.43. The van der Waals surface area contributed by atoms with Crippen molar-refractivity contribution in [2.45, 2.75) is 12.3 Å². The van der Waals surface area contributed by atoms with Gasteiger partial charge in [0.15, 0.2) is 11.5 Å². The van der Waals surface area contributed by atoms with Gasteiger partial charge in [0.2, 0.25) is 0 Å². The van der Waals surface area contributed by atoms with Gasteiger partial charge in [-0.25, -0.2) is 0 Å². The zero-order valence-electron chi connectivity index (χ0n) is 11.6. The topological polar surface area (TPSA) is 56.0 Å². The van der Waals surface area contributed by atoms with Gasteiger partial charge in [-0.15, -0.1) is 0 Å². The van der Waals surface area contributed by atoms with E-state index in [-0.39, 0.29) is 18.1 Å². The van der Waals surface area contributed by atoms with Crippen LogP contribution in [0.15, 0.2) is 65.7 Å². The number of aromatic nitrogens is 2. The molecule has 3 rings (SSSR count). The Kier molecular flexibility index (Phi) is 4.30. The fourth-order valence-electron chi connectivity index (χ4n) is 2.30. The van der Waals surface area contributed by atoms with Crippen LogP contribution in [-0.4, -0.2) is 15.8 Å². The van der Waals surface area contributed by atoms with Gasteiger partial charge >= 0.3 is 0 Å². The van der Waals surface area contributed by atoms with E-state index in [0.29, 0.717) is 10.8 Å². The van der Waals surface area contributed by atoms with E-state index in [2.05, 4.69) is 9.97 Å². The number of halogens is 1. The summed E-state index contributed by atoms with van der Waals surface area (Å²) in [7, 11) is 0. The molecule has 0 spiro atoms. The van der Waals surface area contributed by atoms with Crippen LogP contribution in [0.5, 0.6) is 0 Å². The number of rotatable bonds is 5. The molecule has 0 fully saturated rings. The summed E-state index contributed by atoms with van der Waals surface area (Å²) in [5, 5.41) is 0.652. The molecule has 5 heteroatoms. The zero-order chi connectivity index (χ0) is 15.4. The Hall–Kier alpha value is -2.46. The molecule has 0 bridgehead atoms. The molecule has 1 aromatic carbocycles. The van der Waals surface area contributed by atoms with Crippen LogP contribution >= 0.6 is 11.6 Å². The van der Waals surface area contributed by atoms with E-state index in [0.717, 1.165) is 11.3 Å². The van der Waals surface area contributed by atoms with E-state index in [1.165, 1.54) is 6.26 Å². The van der Waals surface area contributed by atoms with E-state index in [4.69, 9.17) is 16.0 Å². The molecule has 2 aromatic heterocycles. The number of furan rings is 1. The van der Waals surface area contributed by atoms with E-state index in [1.54, 1.807) is 42.9 Å². The molecule has 0 radical (unpaired) electrons. The second-order valence-electron chi connectivity index (χ2n) is 4.84. The van der Waals surface area contributed by atoms with E-state index in [1.807, 2.05) is 12.1 Å². The maximum atomic E-state index is 12.4. The fraction of sp³-hybridized carbons (Fsp3) is 0.118. The van der Waals surface area contributed by atoms with Crippen LogP contribution in [0.4, 0.5) is 0 Å². The van der Waals surface area contributed by atoms with Crippen LogP contribution in [0, 0.1) is 0 Å². The number of benzene rings is 1. The molecule has 3 aromatic rings. The normalized spacial score (nSPS) is 12.0. The Bertz CT molecular complexity index is 740. The molecular formula is C17H13ClN2O2. The second-order valence-corrected chi connectivity index (χ2v) is 5.28. The van der Waals surface area contributed by atoms with Gasteiger partial charge in [-0.2, -0.15) is 0 Å². The zero-order valence-corrected chi connectivity index (χ0v) is 12.4. The number of Topliss-reactive ketones (excluding diaryl/α,β-unsaturated/α-hetero) is 1. The first-order valence-corrected chi connectivity index (χ1v) is 7.20.